The molecule has 0 spiro atoms. The van der Waals surface area contributed by atoms with E-state index in [0.717, 1.165) is 8.27 Å². The van der Waals surface area contributed by atoms with Crippen LogP contribution < -0.4 is 4.74 Å². The van der Waals surface area contributed by atoms with Crippen molar-refractivity contribution in [2.24, 2.45) is 0 Å². The van der Waals surface area contributed by atoms with Crippen LogP contribution in [0.25, 0.3) is 10.2 Å². The Morgan fingerprint density at radius 1 is 1.25 bits per heavy atom. The van der Waals surface area contributed by atoms with E-state index in [0.29, 0.717) is 29.4 Å². The summed E-state index contributed by atoms with van der Waals surface area (Å²) in [4.78, 5) is 18.4. The van der Waals surface area contributed by atoms with Crippen LogP contribution in [0.2, 0.25) is 0 Å². The minimum absolute atomic E-state index is 0.00944. The summed E-state index contributed by atoms with van der Waals surface area (Å²) in [6, 6.07) is 12.4. The van der Waals surface area contributed by atoms with Gasteiger partial charge in [-0.25, -0.2) is 4.39 Å². The molecule has 4 rings (SSSR count). The molecule has 1 fully saturated rings. The molecule has 1 aliphatic heterocycles. The van der Waals surface area contributed by atoms with Crippen LogP contribution in [-0.4, -0.2) is 35.0 Å². The molecule has 0 N–H and O–H groups in total. The van der Waals surface area contributed by atoms with Crippen LogP contribution in [0.3, 0.4) is 0 Å². The average Bonchev–Trinajstić information content (AvgIpc) is 2.94. The Balaban J connectivity index is 1.41. The van der Waals surface area contributed by atoms with E-state index in [-0.39, 0.29) is 17.8 Å². The van der Waals surface area contributed by atoms with Crippen molar-refractivity contribution >= 4 is 50.1 Å². The van der Waals surface area contributed by atoms with E-state index in [9.17, 15) is 9.18 Å². The van der Waals surface area contributed by atoms with E-state index in [1.165, 1.54) is 17.4 Å². The molecule has 0 aliphatic carbocycles. The zero-order valence-electron chi connectivity index (χ0n) is 12.4. The molecule has 122 valence electrons. The van der Waals surface area contributed by atoms with E-state index in [4.69, 9.17) is 4.74 Å². The van der Waals surface area contributed by atoms with E-state index < -0.39 is 0 Å². The lowest BCUT2D eigenvalue weighted by atomic mass is 10.1. The molecule has 3 aromatic rings. The first kappa shape index (κ1) is 15.8. The highest BCUT2D eigenvalue weighted by atomic mass is 127. The fourth-order valence-electron chi connectivity index (χ4n) is 2.57. The van der Waals surface area contributed by atoms with Gasteiger partial charge in [0, 0.05) is 3.57 Å². The monoisotopic (exact) mass is 454 g/mol. The number of amides is 1. The number of likely N-dealkylation sites (tertiary alicyclic amines) is 1. The van der Waals surface area contributed by atoms with Gasteiger partial charge in [0.25, 0.3) is 11.1 Å². The second-order valence-electron chi connectivity index (χ2n) is 5.50. The van der Waals surface area contributed by atoms with E-state index in [1.54, 1.807) is 11.0 Å². The molecule has 0 unspecified atom stereocenters. The fourth-order valence-corrected chi connectivity index (χ4v) is 4.08. The number of aromatic nitrogens is 1. The lowest BCUT2D eigenvalue weighted by Crippen LogP contribution is -2.56. The Morgan fingerprint density at radius 2 is 2.04 bits per heavy atom. The van der Waals surface area contributed by atoms with Crippen LogP contribution >= 0.6 is 33.9 Å². The third-order valence-electron chi connectivity index (χ3n) is 3.86. The highest BCUT2D eigenvalue weighted by Gasteiger charge is 2.34. The van der Waals surface area contributed by atoms with E-state index >= 15 is 0 Å². The number of rotatable bonds is 3. The molecular weight excluding hydrogens is 442 g/mol. The summed E-state index contributed by atoms with van der Waals surface area (Å²) in [5.41, 5.74) is 1.04. The number of ether oxygens (including phenoxy) is 1. The van der Waals surface area contributed by atoms with Gasteiger partial charge in [0.2, 0.25) is 0 Å². The molecule has 4 nitrogen and oxygen atoms in total. The minimum Gasteiger partial charge on any atom is -0.463 e. The number of carbonyl (C=O) groups excluding carboxylic acids is 1. The molecule has 0 atom stereocenters. The zero-order valence-corrected chi connectivity index (χ0v) is 15.4. The maximum atomic E-state index is 13.7. The summed E-state index contributed by atoms with van der Waals surface area (Å²) >= 11 is 3.48. The van der Waals surface area contributed by atoms with Gasteiger partial charge >= 0.3 is 0 Å². The standard InChI is InChI=1S/C17H12FIN2O2S/c18-12-5-3-7-14-15(12)20-17(24-14)23-10-8-21(9-10)16(22)11-4-1-2-6-13(11)19/h1-7,10H,8-9H2. The molecule has 24 heavy (non-hydrogen) atoms. The maximum Gasteiger partial charge on any atom is 0.274 e. The lowest BCUT2D eigenvalue weighted by molar-refractivity contribution is 0.0177. The van der Waals surface area contributed by atoms with Gasteiger partial charge in [0.1, 0.15) is 17.4 Å². The topological polar surface area (TPSA) is 42.4 Å². The first-order valence-electron chi connectivity index (χ1n) is 7.37. The Hall–Kier alpha value is -1.74. The van der Waals surface area contributed by atoms with Crippen LogP contribution in [0.15, 0.2) is 42.5 Å². The van der Waals surface area contributed by atoms with Crippen LogP contribution in [0.5, 0.6) is 5.19 Å². The van der Waals surface area contributed by atoms with Crippen molar-refractivity contribution in [2.75, 3.05) is 13.1 Å². The van der Waals surface area contributed by atoms with Gasteiger partial charge in [-0.3, -0.25) is 4.79 Å². The highest BCUT2D eigenvalue weighted by Crippen LogP contribution is 2.31. The SMILES string of the molecule is O=C(c1ccccc1I)N1CC(Oc2nc3c(F)cccc3s2)C1. The normalized spacial score (nSPS) is 14.7. The molecular formula is C17H12FIN2O2S. The molecule has 7 heteroatoms. The Kier molecular flexibility index (Phi) is 4.13. The predicted octanol–water partition coefficient (Wildman–Crippen LogP) is 3.94. The molecule has 2 heterocycles. The summed E-state index contributed by atoms with van der Waals surface area (Å²) < 4.78 is 21.1. The van der Waals surface area contributed by atoms with Gasteiger partial charge in [-0.2, -0.15) is 4.98 Å². The largest absolute Gasteiger partial charge is 0.463 e. The van der Waals surface area contributed by atoms with Gasteiger partial charge in [-0.1, -0.05) is 29.5 Å². The Bertz CT molecular complexity index is 924. The third kappa shape index (κ3) is 2.86. The number of carbonyl (C=O) groups is 1. The van der Waals surface area contributed by atoms with Crippen LogP contribution in [0.1, 0.15) is 10.4 Å². The summed E-state index contributed by atoms with van der Waals surface area (Å²) in [5.74, 6) is -0.335. The quantitative estimate of drug-likeness (QED) is 0.564. The van der Waals surface area contributed by atoms with Crippen molar-refractivity contribution in [1.29, 1.82) is 0 Å². The molecule has 0 saturated carbocycles. The number of nitrogens with zero attached hydrogens (tertiary/aromatic N) is 2. The molecule has 1 amide bonds. The number of hydrogen-bond acceptors (Lipinski definition) is 4. The average molecular weight is 454 g/mol. The van der Waals surface area contributed by atoms with Gasteiger partial charge in [-0.15, -0.1) is 0 Å². The van der Waals surface area contributed by atoms with Crippen molar-refractivity contribution in [2.45, 2.75) is 6.10 Å². The van der Waals surface area contributed by atoms with Gasteiger partial charge in [0.15, 0.2) is 0 Å². The fraction of sp³-hybridized carbons (Fsp3) is 0.176. The minimum atomic E-state index is -0.345. The van der Waals surface area contributed by atoms with E-state index in [2.05, 4.69) is 27.6 Å². The third-order valence-corrected chi connectivity index (χ3v) is 5.71. The molecule has 1 aromatic heterocycles. The number of para-hydroxylation sites is 1. The number of thiazole rings is 1. The molecule has 2 aromatic carbocycles. The summed E-state index contributed by atoms with van der Waals surface area (Å²) in [6.45, 7) is 1.03. The highest BCUT2D eigenvalue weighted by molar-refractivity contribution is 14.1. The smallest absolute Gasteiger partial charge is 0.274 e. The number of fused-ring (bicyclic) bond motifs is 1. The number of halogens is 2. The van der Waals surface area contributed by atoms with Crippen molar-refractivity contribution in [3.63, 3.8) is 0 Å². The van der Waals surface area contributed by atoms with Gasteiger partial charge in [-0.05, 0) is 46.9 Å². The Labute approximate surface area is 155 Å². The first-order chi connectivity index (χ1) is 11.6. The maximum absolute atomic E-state index is 13.7. The number of hydrogen-bond donors (Lipinski definition) is 0. The van der Waals surface area contributed by atoms with Crippen molar-refractivity contribution in [3.05, 3.63) is 57.4 Å². The van der Waals surface area contributed by atoms with Crippen LogP contribution in [-0.2, 0) is 0 Å². The number of benzene rings is 2. The second-order valence-corrected chi connectivity index (χ2v) is 7.65. The molecule has 1 aliphatic rings. The Morgan fingerprint density at radius 3 is 2.79 bits per heavy atom. The van der Waals surface area contributed by atoms with Crippen LogP contribution in [0.4, 0.5) is 4.39 Å². The zero-order chi connectivity index (χ0) is 16.7. The first-order valence-corrected chi connectivity index (χ1v) is 9.27. The van der Waals surface area contributed by atoms with Crippen molar-refractivity contribution in [3.8, 4) is 5.19 Å². The van der Waals surface area contributed by atoms with E-state index in [1.807, 2.05) is 30.3 Å². The molecule has 1 saturated heterocycles. The summed E-state index contributed by atoms with van der Waals surface area (Å²) in [5, 5.41) is 0.446. The molecule has 0 radical (unpaired) electrons. The second kappa shape index (κ2) is 6.29. The van der Waals surface area contributed by atoms with Crippen LogP contribution in [0, 0.1) is 9.39 Å². The van der Waals surface area contributed by atoms with Gasteiger partial charge in [0.05, 0.1) is 23.4 Å². The summed E-state index contributed by atoms with van der Waals surface area (Å²) in [7, 11) is 0. The lowest BCUT2D eigenvalue weighted by Gasteiger charge is -2.38. The van der Waals surface area contributed by atoms with Gasteiger partial charge < -0.3 is 9.64 Å². The predicted molar refractivity (Wildman–Crippen MR) is 99.1 cm³/mol. The molecule has 0 bridgehead atoms. The van der Waals surface area contributed by atoms with Crippen molar-refractivity contribution in [1.82, 2.24) is 9.88 Å². The summed E-state index contributed by atoms with van der Waals surface area (Å²) in [6.07, 6.45) is -0.0982. The van der Waals surface area contributed by atoms with Crippen molar-refractivity contribution < 1.29 is 13.9 Å².